The summed E-state index contributed by atoms with van der Waals surface area (Å²) in [4.78, 5) is 0. The molecule has 0 radical (unpaired) electrons. The van der Waals surface area contributed by atoms with Gasteiger partial charge in [0.1, 0.15) is 0 Å². The first kappa shape index (κ1) is 16.2. The summed E-state index contributed by atoms with van der Waals surface area (Å²) in [5.41, 5.74) is 2.90. The Morgan fingerprint density at radius 3 is 2.63 bits per heavy atom. The summed E-state index contributed by atoms with van der Waals surface area (Å²) in [5, 5.41) is 8.09. The van der Waals surface area contributed by atoms with Gasteiger partial charge in [-0.25, -0.2) is 0 Å². The minimum Gasteiger partial charge on any atom is -0.299 e. The minimum atomic E-state index is 0.565. The van der Waals surface area contributed by atoms with Crippen LogP contribution in [0.1, 0.15) is 57.1 Å². The number of benzene rings is 1. The molecule has 0 aliphatic carbocycles. The fourth-order valence-electron chi connectivity index (χ4n) is 2.10. The number of aryl methyl sites for hydroxylation is 1. The Balaban J connectivity index is 2.55. The van der Waals surface area contributed by atoms with Crippen LogP contribution in [-0.2, 0) is 6.42 Å². The molecule has 0 aromatic heterocycles. The number of allylic oxidation sites excluding steroid dienone is 2. The fraction of sp³-hybridized carbons (Fsp3) is 0.471. The largest absolute Gasteiger partial charge is 0.299 e. The second-order valence-corrected chi connectivity index (χ2v) is 5.73. The quantitative estimate of drug-likeness (QED) is 0.457. The third kappa shape index (κ3) is 5.73. The van der Waals surface area contributed by atoms with Gasteiger partial charge in [0.25, 0.3) is 0 Å². The standard InChI is InChI=1S/C17H24BrN/c1-3-5-6-7-8-10-14-11-9-12-15(13-14)17(19)16(18)4-2/h4,9,11-13,19H,3,5-8,10H2,1-2H3/b16-4+,19-17?. The number of unbranched alkanes of at least 4 members (excludes halogenated alkanes) is 4. The first-order chi connectivity index (χ1) is 9.19. The maximum atomic E-state index is 8.09. The zero-order valence-electron chi connectivity index (χ0n) is 12.0. The molecule has 0 saturated carbocycles. The number of nitrogens with one attached hydrogen (secondary N) is 1. The Kier molecular flexibility index (Phi) is 7.73. The summed E-state index contributed by atoms with van der Waals surface area (Å²) in [6, 6.07) is 8.38. The SMILES string of the molecule is C/C=C(/Br)C(=N)c1cccc(CCCCCCC)c1. The van der Waals surface area contributed by atoms with Crippen molar-refractivity contribution in [3.8, 4) is 0 Å². The van der Waals surface area contributed by atoms with E-state index in [1.807, 2.05) is 19.1 Å². The van der Waals surface area contributed by atoms with Crippen molar-refractivity contribution in [2.24, 2.45) is 0 Å². The van der Waals surface area contributed by atoms with Gasteiger partial charge in [-0.15, -0.1) is 0 Å². The van der Waals surface area contributed by atoms with Crippen molar-refractivity contribution < 1.29 is 0 Å². The van der Waals surface area contributed by atoms with Crippen LogP contribution in [0.2, 0.25) is 0 Å². The lowest BCUT2D eigenvalue weighted by molar-refractivity contribution is 0.632. The summed E-state index contributed by atoms with van der Waals surface area (Å²) in [6.45, 7) is 4.18. The molecule has 1 N–H and O–H groups in total. The second-order valence-electron chi connectivity index (χ2n) is 4.88. The van der Waals surface area contributed by atoms with Crippen LogP contribution in [0, 0.1) is 5.41 Å². The first-order valence-corrected chi connectivity index (χ1v) is 7.98. The van der Waals surface area contributed by atoms with E-state index in [2.05, 4.69) is 41.1 Å². The van der Waals surface area contributed by atoms with Crippen LogP contribution >= 0.6 is 15.9 Å². The number of halogens is 1. The highest BCUT2D eigenvalue weighted by atomic mass is 79.9. The summed E-state index contributed by atoms with van der Waals surface area (Å²) >= 11 is 3.42. The van der Waals surface area contributed by atoms with Crippen LogP contribution in [0.4, 0.5) is 0 Å². The van der Waals surface area contributed by atoms with E-state index in [1.54, 1.807) is 0 Å². The Hall–Kier alpha value is -0.890. The van der Waals surface area contributed by atoms with E-state index in [9.17, 15) is 0 Å². The molecule has 0 spiro atoms. The molecule has 19 heavy (non-hydrogen) atoms. The van der Waals surface area contributed by atoms with Crippen LogP contribution in [0.5, 0.6) is 0 Å². The van der Waals surface area contributed by atoms with E-state index in [4.69, 9.17) is 5.41 Å². The van der Waals surface area contributed by atoms with Crippen LogP contribution < -0.4 is 0 Å². The lowest BCUT2D eigenvalue weighted by atomic mass is 10.0. The third-order valence-electron chi connectivity index (χ3n) is 3.28. The molecule has 2 heteroatoms. The van der Waals surface area contributed by atoms with Gasteiger partial charge in [-0.05, 0) is 47.3 Å². The smallest absolute Gasteiger partial charge is 0.0750 e. The van der Waals surface area contributed by atoms with Crippen LogP contribution in [-0.4, -0.2) is 5.71 Å². The van der Waals surface area contributed by atoms with Gasteiger partial charge in [-0.2, -0.15) is 0 Å². The molecule has 0 heterocycles. The lowest BCUT2D eigenvalue weighted by Gasteiger charge is -2.06. The number of rotatable bonds is 8. The van der Waals surface area contributed by atoms with Gasteiger partial charge >= 0.3 is 0 Å². The van der Waals surface area contributed by atoms with Crippen LogP contribution in [0.15, 0.2) is 34.8 Å². The van der Waals surface area contributed by atoms with Gasteiger partial charge in [-0.1, -0.05) is 56.9 Å². The van der Waals surface area contributed by atoms with Gasteiger partial charge in [0, 0.05) is 10.0 Å². The molecule has 1 aromatic carbocycles. The van der Waals surface area contributed by atoms with Gasteiger partial charge < -0.3 is 0 Å². The van der Waals surface area contributed by atoms with Crippen molar-refractivity contribution in [2.75, 3.05) is 0 Å². The van der Waals surface area contributed by atoms with E-state index >= 15 is 0 Å². The Morgan fingerprint density at radius 2 is 1.95 bits per heavy atom. The van der Waals surface area contributed by atoms with E-state index in [0.29, 0.717) is 5.71 Å². The van der Waals surface area contributed by atoms with Crippen molar-refractivity contribution in [3.63, 3.8) is 0 Å². The number of hydrogen-bond acceptors (Lipinski definition) is 1. The molecule has 0 fully saturated rings. The van der Waals surface area contributed by atoms with E-state index in [0.717, 1.165) is 16.5 Å². The zero-order valence-corrected chi connectivity index (χ0v) is 13.6. The van der Waals surface area contributed by atoms with Gasteiger partial charge in [0.15, 0.2) is 0 Å². The van der Waals surface area contributed by atoms with Crippen LogP contribution in [0.3, 0.4) is 0 Å². The molecule has 0 atom stereocenters. The lowest BCUT2D eigenvalue weighted by Crippen LogP contribution is -1.99. The van der Waals surface area contributed by atoms with E-state index in [1.165, 1.54) is 37.7 Å². The van der Waals surface area contributed by atoms with E-state index in [-0.39, 0.29) is 0 Å². The zero-order chi connectivity index (χ0) is 14.1. The topological polar surface area (TPSA) is 23.9 Å². The fourth-order valence-corrected chi connectivity index (χ4v) is 2.33. The molecule has 0 aliphatic heterocycles. The third-order valence-corrected chi connectivity index (χ3v) is 4.13. The molecule has 1 aromatic rings. The molecular weight excluding hydrogens is 298 g/mol. The molecule has 0 unspecified atom stereocenters. The molecule has 0 saturated heterocycles. The second kappa shape index (κ2) is 9.08. The number of hydrogen-bond donors (Lipinski definition) is 1. The van der Waals surface area contributed by atoms with Crippen molar-refractivity contribution >= 4 is 21.6 Å². The van der Waals surface area contributed by atoms with Gasteiger partial charge in [0.05, 0.1) is 5.71 Å². The molecule has 1 nitrogen and oxygen atoms in total. The highest BCUT2D eigenvalue weighted by Gasteiger charge is 2.05. The normalized spacial score (nSPS) is 11.6. The Morgan fingerprint density at radius 1 is 1.21 bits per heavy atom. The average molecular weight is 322 g/mol. The molecule has 0 aliphatic rings. The molecule has 104 valence electrons. The van der Waals surface area contributed by atoms with Crippen molar-refractivity contribution in [1.82, 2.24) is 0 Å². The molecule has 1 rings (SSSR count). The highest BCUT2D eigenvalue weighted by Crippen LogP contribution is 2.16. The molecule has 0 bridgehead atoms. The average Bonchev–Trinajstić information content (AvgIpc) is 2.45. The monoisotopic (exact) mass is 321 g/mol. The maximum Gasteiger partial charge on any atom is 0.0750 e. The summed E-state index contributed by atoms with van der Waals surface area (Å²) < 4.78 is 0.854. The Labute approximate surface area is 125 Å². The highest BCUT2D eigenvalue weighted by molar-refractivity contribution is 9.12. The predicted molar refractivity (Wildman–Crippen MR) is 88.4 cm³/mol. The predicted octanol–water partition coefficient (Wildman–Crippen LogP) is 5.87. The van der Waals surface area contributed by atoms with Gasteiger partial charge in [-0.3, -0.25) is 5.41 Å². The Bertz CT molecular complexity index is 435. The maximum absolute atomic E-state index is 8.09. The van der Waals surface area contributed by atoms with Crippen molar-refractivity contribution in [3.05, 3.63) is 46.0 Å². The summed E-state index contributed by atoms with van der Waals surface area (Å²) in [5.74, 6) is 0. The van der Waals surface area contributed by atoms with Crippen molar-refractivity contribution in [2.45, 2.75) is 52.4 Å². The van der Waals surface area contributed by atoms with Gasteiger partial charge in [0.2, 0.25) is 0 Å². The molecular formula is C17H24BrN. The molecule has 0 amide bonds. The summed E-state index contributed by atoms with van der Waals surface area (Å²) in [7, 11) is 0. The summed E-state index contributed by atoms with van der Waals surface area (Å²) in [6.07, 6.45) is 9.59. The van der Waals surface area contributed by atoms with E-state index < -0.39 is 0 Å². The van der Waals surface area contributed by atoms with Crippen molar-refractivity contribution in [1.29, 1.82) is 5.41 Å². The first-order valence-electron chi connectivity index (χ1n) is 7.19. The van der Waals surface area contributed by atoms with Crippen LogP contribution in [0.25, 0.3) is 0 Å². The minimum absolute atomic E-state index is 0.565.